The molecule has 0 aliphatic carbocycles. The van der Waals surface area contributed by atoms with Crippen molar-refractivity contribution in [2.24, 2.45) is 5.92 Å². The summed E-state index contributed by atoms with van der Waals surface area (Å²) < 4.78 is 16.6. The predicted octanol–water partition coefficient (Wildman–Crippen LogP) is 1.65. The number of hydrogen-bond acceptors (Lipinski definition) is 8. The summed E-state index contributed by atoms with van der Waals surface area (Å²) in [5, 5.41) is 35.8. The molecule has 0 bridgehead atoms. The number of hydrogen-bond donors (Lipinski definition) is 5. The Bertz CT molecular complexity index is 926. The van der Waals surface area contributed by atoms with Crippen molar-refractivity contribution >= 4 is 6.09 Å². The lowest BCUT2D eigenvalue weighted by Crippen LogP contribution is -2.49. The van der Waals surface area contributed by atoms with E-state index in [2.05, 4.69) is 10.6 Å². The molecule has 178 valence electrons. The highest BCUT2D eigenvalue weighted by Crippen LogP contribution is 2.33. The molecule has 9 heteroatoms. The highest BCUT2D eigenvalue weighted by Gasteiger charge is 2.44. The van der Waals surface area contributed by atoms with Crippen LogP contribution in [0, 0.1) is 5.92 Å². The first-order valence-electron chi connectivity index (χ1n) is 11.1. The zero-order chi connectivity index (χ0) is 23.2. The van der Waals surface area contributed by atoms with Gasteiger partial charge in [0.15, 0.2) is 17.8 Å². The summed E-state index contributed by atoms with van der Waals surface area (Å²) >= 11 is 0. The number of carbonyl (C=O) groups excluding carboxylic acids is 1. The number of aromatic hydroxyl groups is 2. The second kappa shape index (κ2) is 10.8. The van der Waals surface area contributed by atoms with Crippen LogP contribution in [-0.4, -0.2) is 65.7 Å². The van der Waals surface area contributed by atoms with E-state index in [-0.39, 0.29) is 36.4 Å². The van der Waals surface area contributed by atoms with Crippen molar-refractivity contribution in [2.75, 3.05) is 19.8 Å². The minimum absolute atomic E-state index is 0.0386. The van der Waals surface area contributed by atoms with Crippen molar-refractivity contribution in [3.05, 3.63) is 59.7 Å². The summed E-state index contributed by atoms with van der Waals surface area (Å²) in [4.78, 5) is 12.6. The van der Waals surface area contributed by atoms with Gasteiger partial charge in [0.1, 0.15) is 6.10 Å². The number of aliphatic hydroxyl groups is 1. The van der Waals surface area contributed by atoms with Crippen molar-refractivity contribution in [3.63, 3.8) is 0 Å². The molecule has 5 unspecified atom stereocenters. The molecule has 9 nitrogen and oxygen atoms in total. The van der Waals surface area contributed by atoms with Gasteiger partial charge >= 0.3 is 6.09 Å². The molecular weight excluding hydrogens is 428 g/mol. The molecule has 0 saturated carbocycles. The maximum Gasteiger partial charge on any atom is 0.407 e. The largest absolute Gasteiger partial charge is 0.504 e. The Morgan fingerprint density at radius 2 is 1.91 bits per heavy atom. The second-order valence-corrected chi connectivity index (χ2v) is 8.43. The molecule has 2 heterocycles. The number of phenolic OH excluding ortho intramolecular Hbond substituents is 2. The Kier molecular flexibility index (Phi) is 7.66. The van der Waals surface area contributed by atoms with Gasteiger partial charge in [0, 0.05) is 13.1 Å². The van der Waals surface area contributed by atoms with E-state index in [0.29, 0.717) is 26.2 Å². The van der Waals surface area contributed by atoms with E-state index in [4.69, 9.17) is 14.2 Å². The Labute approximate surface area is 192 Å². The fourth-order valence-electron chi connectivity index (χ4n) is 4.21. The number of benzene rings is 2. The van der Waals surface area contributed by atoms with Crippen LogP contribution in [0.4, 0.5) is 4.79 Å². The van der Waals surface area contributed by atoms with E-state index < -0.39 is 18.2 Å². The average molecular weight is 459 g/mol. The number of carbonyl (C=O) groups is 1. The Morgan fingerprint density at radius 1 is 1.09 bits per heavy atom. The zero-order valence-electron chi connectivity index (χ0n) is 18.2. The zero-order valence-corrected chi connectivity index (χ0v) is 18.2. The minimum Gasteiger partial charge on any atom is -0.504 e. The van der Waals surface area contributed by atoms with Crippen LogP contribution < -0.4 is 10.6 Å². The Balaban J connectivity index is 1.33. The SMILES string of the molecule is O=C(NC(Cc1ccccc1)C(O)CNCc1ccc(O)c(O)c1)OC1COC2OCCC12. The van der Waals surface area contributed by atoms with Crippen molar-refractivity contribution in [3.8, 4) is 11.5 Å². The monoisotopic (exact) mass is 458 g/mol. The smallest absolute Gasteiger partial charge is 0.407 e. The van der Waals surface area contributed by atoms with E-state index in [0.717, 1.165) is 17.5 Å². The third kappa shape index (κ3) is 6.14. The molecule has 2 aliphatic rings. The topological polar surface area (TPSA) is 130 Å². The number of alkyl carbamates (subject to hydrolysis) is 1. The molecule has 2 aliphatic heterocycles. The molecular formula is C24H30N2O7. The fourth-order valence-corrected chi connectivity index (χ4v) is 4.21. The number of rotatable bonds is 9. The third-order valence-electron chi connectivity index (χ3n) is 6.03. The van der Waals surface area contributed by atoms with E-state index >= 15 is 0 Å². The molecule has 2 saturated heterocycles. The predicted molar refractivity (Wildman–Crippen MR) is 119 cm³/mol. The van der Waals surface area contributed by atoms with Gasteiger partial charge in [-0.3, -0.25) is 0 Å². The first kappa shape index (κ1) is 23.3. The van der Waals surface area contributed by atoms with Gasteiger partial charge in [-0.2, -0.15) is 0 Å². The number of amides is 1. The molecule has 1 amide bonds. The number of aliphatic hydroxyl groups excluding tert-OH is 1. The van der Waals surface area contributed by atoms with E-state index in [1.54, 1.807) is 6.07 Å². The van der Waals surface area contributed by atoms with E-state index in [9.17, 15) is 20.1 Å². The van der Waals surface area contributed by atoms with Crippen LogP contribution >= 0.6 is 0 Å². The second-order valence-electron chi connectivity index (χ2n) is 8.43. The van der Waals surface area contributed by atoms with Gasteiger partial charge in [0.25, 0.3) is 0 Å². The van der Waals surface area contributed by atoms with Crippen LogP contribution in [0.2, 0.25) is 0 Å². The Morgan fingerprint density at radius 3 is 2.70 bits per heavy atom. The van der Waals surface area contributed by atoms with Crippen molar-refractivity contribution in [1.29, 1.82) is 0 Å². The van der Waals surface area contributed by atoms with Gasteiger partial charge in [0.05, 0.1) is 31.3 Å². The first-order valence-corrected chi connectivity index (χ1v) is 11.1. The summed E-state index contributed by atoms with van der Waals surface area (Å²) in [5.74, 6) is -0.351. The molecule has 5 atom stereocenters. The molecule has 0 radical (unpaired) electrons. The van der Waals surface area contributed by atoms with Crippen LogP contribution in [0.5, 0.6) is 11.5 Å². The quantitative estimate of drug-likeness (QED) is 0.359. The molecule has 2 aromatic carbocycles. The van der Waals surface area contributed by atoms with Crippen molar-refractivity contribution < 1.29 is 34.3 Å². The number of nitrogens with one attached hydrogen (secondary N) is 2. The van der Waals surface area contributed by atoms with Crippen LogP contribution in [0.25, 0.3) is 0 Å². The maximum atomic E-state index is 12.6. The number of ether oxygens (including phenoxy) is 3. The van der Waals surface area contributed by atoms with Gasteiger partial charge in [-0.1, -0.05) is 36.4 Å². The van der Waals surface area contributed by atoms with Crippen LogP contribution in [0.1, 0.15) is 17.5 Å². The lowest BCUT2D eigenvalue weighted by atomic mass is 10.0. The van der Waals surface area contributed by atoms with Gasteiger partial charge in [-0.05, 0) is 36.1 Å². The normalized spacial score (nSPS) is 23.6. The van der Waals surface area contributed by atoms with E-state index in [1.807, 2.05) is 30.3 Å². The lowest BCUT2D eigenvalue weighted by Gasteiger charge is -2.26. The summed E-state index contributed by atoms with van der Waals surface area (Å²) in [6.07, 6.45) is -0.959. The summed E-state index contributed by atoms with van der Waals surface area (Å²) in [6.45, 7) is 1.46. The van der Waals surface area contributed by atoms with E-state index in [1.165, 1.54) is 12.1 Å². The molecule has 0 spiro atoms. The lowest BCUT2D eigenvalue weighted by molar-refractivity contribution is -0.0907. The van der Waals surface area contributed by atoms with Gasteiger partial charge in [-0.15, -0.1) is 0 Å². The third-order valence-corrected chi connectivity index (χ3v) is 6.03. The molecule has 0 aromatic heterocycles. The van der Waals surface area contributed by atoms with Gasteiger partial charge in [0.2, 0.25) is 0 Å². The highest BCUT2D eigenvalue weighted by atomic mass is 16.7. The summed E-state index contributed by atoms with van der Waals surface area (Å²) in [6, 6.07) is 13.5. The fraction of sp³-hybridized carbons (Fsp3) is 0.458. The molecule has 2 fully saturated rings. The number of phenols is 2. The summed E-state index contributed by atoms with van der Waals surface area (Å²) in [5.41, 5.74) is 1.72. The number of fused-ring (bicyclic) bond motifs is 1. The average Bonchev–Trinajstić information content (AvgIpc) is 3.42. The molecule has 4 rings (SSSR count). The molecule has 2 aromatic rings. The van der Waals surface area contributed by atoms with Crippen molar-refractivity contribution in [2.45, 2.75) is 43.9 Å². The van der Waals surface area contributed by atoms with Gasteiger partial charge in [-0.25, -0.2) is 4.79 Å². The molecule has 33 heavy (non-hydrogen) atoms. The standard InChI is InChI=1S/C24H30N2O7/c27-19-7-6-16(11-20(19)28)12-25-13-21(29)18(10-15-4-2-1-3-5-15)26-24(30)33-22-14-32-23-17(22)8-9-31-23/h1-7,11,17-18,21-23,25,27-29H,8-10,12-14H2,(H,26,30). The highest BCUT2D eigenvalue weighted by molar-refractivity contribution is 5.68. The van der Waals surface area contributed by atoms with Crippen molar-refractivity contribution in [1.82, 2.24) is 10.6 Å². The van der Waals surface area contributed by atoms with Crippen LogP contribution in [0.15, 0.2) is 48.5 Å². The van der Waals surface area contributed by atoms with Crippen LogP contribution in [0.3, 0.4) is 0 Å². The first-order chi connectivity index (χ1) is 16.0. The molecule has 5 N–H and O–H groups in total. The van der Waals surface area contributed by atoms with Crippen LogP contribution in [-0.2, 0) is 27.2 Å². The summed E-state index contributed by atoms with van der Waals surface area (Å²) in [7, 11) is 0. The van der Waals surface area contributed by atoms with Gasteiger partial charge < -0.3 is 40.2 Å². The minimum atomic E-state index is -0.897. The Hall–Kier alpha value is -2.85. The maximum absolute atomic E-state index is 12.6.